The van der Waals surface area contributed by atoms with Gasteiger partial charge in [0.2, 0.25) is 0 Å². The van der Waals surface area contributed by atoms with E-state index in [1.165, 1.54) is 6.92 Å². The first kappa shape index (κ1) is 15.2. The van der Waals surface area contributed by atoms with Crippen molar-refractivity contribution in [1.82, 2.24) is 0 Å². The van der Waals surface area contributed by atoms with Gasteiger partial charge in [0.15, 0.2) is 5.75 Å². The molecular weight excluding hydrogens is 333 g/mol. The standard InChI is InChI=1S/C9H5Cl5O3/c1-2(15)9(16)17-8-6(13)4(11)3(10)5(12)7(8)14/h2,15H,1H3. The molecule has 0 fully saturated rings. The van der Waals surface area contributed by atoms with Gasteiger partial charge in [-0.15, -0.1) is 0 Å². The second kappa shape index (κ2) is 5.83. The molecule has 1 aromatic rings. The highest BCUT2D eigenvalue weighted by atomic mass is 35.5. The van der Waals surface area contributed by atoms with Crippen molar-refractivity contribution >= 4 is 64.0 Å². The van der Waals surface area contributed by atoms with Gasteiger partial charge in [0.25, 0.3) is 0 Å². The van der Waals surface area contributed by atoms with E-state index in [2.05, 4.69) is 0 Å². The zero-order valence-electron chi connectivity index (χ0n) is 8.23. The fraction of sp³-hybridized carbons (Fsp3) is 0.222. The summed E-state index contributed by atoms with van der Waals surface area (Å²) in [4.78, 5) is 11.2. The summed E-state index contributed by atoms with van der Waals surface area (Å²) < 4.78 is 4.77. The minimum Gasteiger partial charge on any atom is -0.421 e. The molecule has 1 rings (SSSR count). The zero-order chi connectivity index (χ0) is 13.3. The number of halogens is 5. The summed E-state index contributed by atoms with van der Waals surface area (Å²) in [6.07, 6.45) is -1.34. The van der Waals surface area contributed by atoms with Crippen LogP contribution in [0.2, 0.25) is 25.1 Å². The maximum absolute atomic E-state index is 11.2. The van der Waals surface area contributed by atoms with Crippen molar-refractivity contribution in [2.45, 2.75) is 13.0 Å². The summed E-state index contributed by atoms with van der Waals surface area (Å²) in [5.74, 6) is -1.18. The molecule has 1 N–H and O–H groups in total. The summed E-state index contributed by atoms with van der Waals surface area (Å²) in [6.45, 7) is 1.23. The molecule has 0 spiro atoms. The van der Waals surface area contributed by atoms with Crippen molar-refractivity contribution in [2.24, 2.45) is 0 Å². The van der Waals surface area contributed by atoms with E-state index in [0.717, 1.165) is 0 Å². The van der Waals surface area contributed by atoms with Gasteiger partial charge in [0, 0.05) is 0 Å². The number of ether oxygens (including phenoxy) is 1. The molecule has 0 saturated carbocycles. The highest BCUT2D eigenvalue weighted by Crippen LogP contribution is 2.48. The van der Waals surface area contributed by atoms with Gasteiger partial charge in [-0.3, -0.25) is 0 Å². The molecule has 1 atom stereocenters. The highest BCUT2D eigenvalue weighted by molar-refractivity contribution is 6.55. The molecule has 17 heavy (non-hydrogen) atoms. The smallest absolute Gasteiger partial charge is 0.340 e. The third-order valence-corrected chi connectivity index (χ3v) is 3.96. The van der Waals surface area contributed by atoms with E-state index in [0.29, 0.717) is 0 Å². The molecule has 0 aromatic heterocycles. The van der Waals surface area contributed by atoms with Crippen LogP contribution in [0.25, 0.3) is 0 Å². The molecule has 0 aliphatic carbocycles. The summed E-state index contributed by atoms with van der Waals surface area (Å²) in [5.41, 5.74) is 0. The number of carbonyl (C=O) groups is 1. The van der Waals surface area contributed by atoms with Gasteiger partial charge in [-0.2, -0.15) is 0 Å². The van der Waals surface area contributed by atoms with E-state index in [1.54, 1.807) is 0 Å². The number of hydrogen-bond acceptors (Lipinski definition) is 3. The molecule has 0 heterocycles. The van der Waals surface area contributed by atoms with Gasteiger partial charge in [0.05, 0.1) is 15.1 Å². The first-order valence-corrected chi connectivity index (χ1v) is 6.07. The Hall–Kier alpha value is 0.1000. The quantitative estimate of drug-likeness (QED) is 0.380. The number of carbonyl (C=O) groups excluding carboxylic acids is 1. The van der Waals surface area contributed by atoms with Crippen LogP contribution in [0.4, 0.5) is 0 Å². The number of aliphatic hydroxyl groups is 1. The topological polar surface area (TPSA) is 46.5 Å². The monoisotopic (exact) mass is 336 g/mol. The van der Waals surface area contributed by atoms with Crippen molar-refractivity contribution in [3.05, 3.63) is 25.1 Å². The van der Waals surface area contributed by atoms with Crippen LogP contribution in [0.15, 0.2) is 0 Å². The summed E-state index contributed by atoms with van der Waals surface area (Å²) in [7, 11) is 0. The Labute approximate surface area is 122 Å². The van der Waals surface area contributed by atoms with Crippen LogP contribution < -0.4 is 4.74 Å². The molecule has 1 aromatic carbocycles. The normalized spacial score (nSPS) is 12.4. The molecule has 0 aliphatic rings. The molecular formula is C9H5Cl5O3. The van der Waals surface area contributed by atoms with Crippen LogP contribution in [0.3, 0.4) is 0 Å². The second-order valence-electron chi connectivity index (χ2n) is 3.00. The SMILES string of the molecule is CC(O)C(=O)Oc1c(Cl)c(Cl)c(Cl)c(Cl)c1Cl. The Morgan fingerprint density at radius 2 is 1.35 bits per heavy atom. The van der Waals surface area contributed by atoms with Crippen LogP contribution in [0.5, 0.6) is 5.75 Å². The van der Waals surface area contributed by atoms with Gasteiger partial charge in [0.1, 0.15) is 16.1 Å². The van der Waals surface area contributed by atoms with Gasteiger partial charge in [-0.1, -0.05) is 58.0 Å². The summed E-state index contributed by atoms with van der Waals surface area (Å²) >= 11 is 28.9. The van der Waals surface area contributed by atoms with Crippen LogP contribution in [-0.4, -0.2) is 17.2 Å². The lowest BCUT2D eigenvalue weighted by Crippen LogP contribution is -2.22. The molecule has 1 unspecified atom stereocenters. The minimum absolute atomic E-state index is 0.0415. The number of benzene rings is 1. The minimum atomic E-state index is -1.34. The Morgan fingerprint density at radius 3 is 1.71 bits per heavy atom. The van der Waals surface area contributed by atoms with Crippen molar-refractivity contribution in [3.8, 4) is 5.75 Å². The number of hydrogen-bond donors (Lipinski definition) is 1. The van der Waals surface area contributed by atoms with Crippen LogP contribution >= 0.6 is 58.0 Å². The van der Waals surface area contributed by atoms with E-state index in [9.17, 15) is 4.79 Å². The number of aliphatic hydroxyl groups excluding tert-OH is 1. The average molecular weight is 338 g/mol. The molecule has 0 radical (unpaired) electrons. The maximum Gasteiger partial charge on any atom is 0.340 e. The van der Waals surface area contributed by atoms with Crippen molar-refractivity contribution in [2.75, 3.05) is 0 Å². The predicted octanol–water partition coefficient (Wildman–Crippen LogP) is 4.24. The molecule has 0 amide bonds. The fourth-order valence-electron chi connectivity index (χ4n) is 0.860. The lowest BCUT2D eigenvalue weighted by molar-refractivity contribution is -0.142. The Kier molecular flexibility index (Phi) is 5.20. The van der Waals surface area contributed by atoms with E-state index in [-0.39, 0.29) is 30.9 Å². The largest absolute Gasteiger partial charge is 0.421 e. The highest BCUT2D eigenvalue weighted by Gasteiger charge is 2.23. The Balaban J connectivity index is 3.30. The molecule has 0 saturated heterocycles. The first-order valence-electron chi connectivity index (χ1n) is 4.18. The third-order valence-electron chi connectivity index (χ3n) is 1.71. The van der Waals surface area contributed by atoms with E-state index in [4.69, 9.17) is 67.8 Å². The molecule has 3 nitrogen and oxygen atoms in total. The first-order chi connectivity index (χ1) is 7.77. The lowest BCUT2D eigenvalue weighted by Gasteiger charge is -2.13. The molecule has 0 bridgehead atoms. The van der Waals surface area contributed by atoms with E-state index < -0.39 is 12.1 Å². The van der Waals surface area contributed by atoms with Crippen molar-refractivity contribution in [3.63, 3.8) is 0 Å². The van der Waals surface area contributed by atoms with E-state index >= 15 is 0 Å². The van der Waals surface area contributed by atoms with Crippen LogP contribution in [0, 0.1) is 0 Å². The molecule has 94 valence electrons. The molecule has 0 aliphatic heterocycles. The van der Waals surface area contributed by atoms with Gasteiger partial charge in [-0.05, 0) is 6.92 Å². The average Bonchev–Trinajstić information content (AvgIpc) is 2.29. The summed E-state index contributed by atoms with van der Waals surface area (Å²) in [5, 5.41) is 8.48. The third kappa shape index (κ3) is 3.11. The van der Waals surface area contributed by atoms with Gasteiger partial charge < -0.3 is 9.84 Å². The Bertz CT molecular complexity index is 443. The van der Waals surface area contributed by atoms with Crippen LogP contribution in [0.1, 0.15) is 6.92 Å². The van der Waals surface area contributed by atoms with Crippen LogP contribution in [-0.2, 0) is 4.79 Å². The van der Waals surface area contributed by atoms with Gasteiger partial charge in [-0.25, -0.2) is 4.79 Å². The van der Waals surface area contributed by atoms with Crippen molar-refractivity contribution < 1.29 is 14.6 Å². The lowest BCUT2D eigenvalue weighted by atomic mass is 10.3. The Morgan fingerprint density at radius 1 is 1.00 bits per heavy atom. The van der Waals surface area contributed by atoms with Crippen molar-refractivity contribution in [1.29, 1.82) is 0 Å². The zero-order valence-corrected chi connectivity index (χ0v) is 12.0. The predicted molar refractivity (Wildman–Crippen MR) is 68.8 cm³/mol. The molecule has 8 heteroatoms. The fourth-order valence-corrected chi connectivity index (χ4v) is 2.06. The van der Waals surface area contributed by atoms with E-state index in [1.807, 2.05) is 0 Å². The second-order valence-corrected chi connectivity index (χ2v) is 4.89. The van der Waals surface area contributed by atoms with Gasteiger partial charge >= 0.3 is 5.97 Å². The number of rotatable bonds is 2. The summed E-state index contributed by atoms with van der Waals surface area (Å²) in [6, 6.07) is 0. The number of esters is 1. The maximum atomic E-state index is 11.2.